The minimum absolute atomic E-state index is 0.277. The van der Waals surface area contributed by atoms with E-state index in [4.69, 9.17) is 10.7 Å². The largest absolute Gasteiger partial charge is 0.377 e. The molecule has 3 rings (SSSR count). The van der Waals surface area contributed by atoms with Gasteiger partial charge in [0.2, 0.25) is 0 Å². The van der Waals surface area contributed by atoms with Crippen LogP contribution in [0.15, 0.2) is 42.6 Å². The molecule has 0 unspecified atom stereocenters. The van der Waals surface area contributed by atoms with Crippen molar-refractivity contribution in [3.8, 4) is 11.3 Å². The molecule has 0 saturated carbocycles. The molecule has 0 aliphatic heterocycles. The SMILES string of the molecule is CN(C)c1c(-c2ccccn2)c(CCN)nc2ccc(F)cc12. The minimum atomic E-state index is -0.277. The number of nitrogens with zero attached hydrogens (tertiary/aromatic N) is 3. The summed E-state index contributed by atoms with van der Waals surface area (Å²) >= 11 is 0. The fraction of sp³-hybridized carbons (Fsp3) is 0.222. The van der Waals surface area contributed by atoms with E-state index in [2.05, 4.69) is 4.98 Å². The first-order valence-corrected chi connectivity index (χ1v) is 7.52. The van der Waals surface area contributed by atoms with Gasteiger partial charge in [-0.2, -0.15) is 0 Å². The quantitative estimate of drug-likeness (QED) is 0.805. The highest BCUT2D eigenvalue weighted by Gasteiger charge is 2.19. The molecular formula is C18H19FN4. The topological polar surface area (TPSA) is 55.0 Å². The Morgan fingerprint density at radius 3 is 2.65 bits per heavy atom. The van der Waals surface area contributed by atoms with E-state index in [0.29, 0.717) is 13.0 Å². The molecule has 0 aliphatic rings. The van der Waals surface area contributed by atoms with E-state index in [-0.39, 0.29) is 5.82 Å². The van der Waals surface area contributed by atoms with Gasteiger partial charge in [0.15, 0.2) is 0 Å². The van der Waals surface area contributed by atoms with Crippen LogP contribution in [-0.4, -0.2) is 30.6 Å². The first-order chi connectivity index (χ1) is 11.1. The van der Waals surface area contributed by atoms with E-state index in [9.17, 15) is 4.39 Å². The van der Waals surface area contributed by atoms with Crippen LogP contribution < -0.4 is 10.6 Å². The zero-order valence-corrected chi connectivity index (χ0v) is 13.3. The molecule has 2 aromatic heterocycles. The monoisotopic (exact) mass is 310 g/mol. The molecule has 0 atom stereocenters. The van der Waals surface area contributed by atoms with Gasteiger partial charge in [-0.3, -0.25) is 9.97 Å². The number of aromatic nitrogens is 2. The van der Waals surface area contributed by atoms with E-state index in [1.807, 2.05) is 37.2 Å². The summed E-state index contributed by atoms with van der Waals surface area (Å²) in [5, 5.41) is 0.774. The molecular weight excluding hydrogens is 291 g/mol. The van der Waals surface area contributed by atoms with Gasteiger partial charge in [0, 0.05) is 37.7 Å². The highest BCUT2D eigenvalue weighted by molar-refractivity contribution is 6.00. The molecule has 0 fully saturated rings. The predicted molar refractivity (Wildman–Crippen MR) is 92.0 cm³/mol. The summed E-state index contributed by atoms with van der Waals surface area (Å²) in [5.74, 6) is -0.277. The number of halogens is 1. The number of hydrogen-bond acceptors (Lipinski definition) is 4. The zero-order valence-electron chi connectivity index (χ0n) is 13.3. The molecule has 3 aromatic rings. The van der Waals surface area contributed by atoms with Gasteiger partial charge in [0.25, 0.3) is 0 Å². The Kier molecular flexibility index (Phi) is 4.21. The number of fused-ring (bicyclic) bond motifs is 1. The molecule has 2 N–H and O–H groups in total. The van der Waals surface area contributed by atoms with Crippen LogP contribution in [0, 0.1) is 5.82 Å². The molecule has 23 heavy (non-hydrogen) atoms. The van der Waals surface area contributed by atoms with Crippen LogP contribution in [0.4, 0.5) is 10.1 Å². The summed E-state index contributed by atoms with van der Waals surface area (Å²) in [6, 6.07) is 10.4. The summed E-state index contributed by atoms with van der Waals surface area (Å²) in [6.45, 7) is 0.492. The average Bonchev–Trinajstić information content (AvgIpc) is 2.55. The number of benzene rings is 1. The van der Waals surface area contributed by atoms with Crippen LogP contribution in [0.3, 0.4) is 0 Å². The fourth-order valence-electron chi connectivity index (χ4n) is 2.83. The Morgan fingerprint density at radius 2 is 2.00 bits per heavy atom. The van der Waals surface area contributed by atoms with E-state index < -0.39 is 0 Å². The predicted octanol–water partition coefficient (Wildman–Crippen LogP) is 3.00. The lowest BCUT2D eigenvalue weighted by Crippen LogP contribution is -2.15. The van der Waals surface area contributed by atoms with Crippen molar-refractivity contribution < 1.29 is 4.39 Å². The molecule has 0 amide bonds. The second kappa shape index (κ2) is 6.30. The van der Waals surface area contributed by atoms with E-state index in [0.717, 1.165) is 33.5 Å². The van der Waals surface area contributed by atoms with E-state index >= 15 is 0 Å². The van der Waals surface area contributed by atoms with Gasteiger partial charge in [0.1, 0.15) is 5.82 Å². The van der Waals surface area contributed by atoms with Crippen LogP contribution in [0.5, 0.6) is 0 Å². The minimum Gasteiger partial charge on any atom is -0.377 e. The molecule has 1 aromatic carbocycles. The van der Waals surface area contributed by atoms with E-state index in [1.165, 1.54) is 12.1 Å². The molecule has 0 bridgehead atoms. The van der Waals surface area contributed by atoms with Gasteiger partial charge in [-0.25, -0.2) is 4.39 Å². The smallest absolute Gasteiger partial charge is 0.124 e. The number of anilines is 1. The van der Waals surface area contributed by atoms with Crippen molar-refractivity contribution in [2.75, 3.05) is 25.5 Å². The molecule has 2 heterocycles. The molecule has 4 nitrogen and oxygen atoms in total. The number of rotatable bonds is 4. The molecule has 5 heteroatoms. The van der Waals surface area contributed by atoms with Gasteiger partial charge >= 0.3 is 0 Å². The molecule has 0 saturated heterocycles. The Labute approximate surface area is 134 Å². The van der Waals surface area contributed by atoms with Gasteiger partial charge < -0.3 is 10.6 Å². The summed E-state index contributed by atoms with van der Waals surface area (Å²) in [6.07, 6.45) is 2.39. The molecule has 0 radical (unpaired) electrons. The van der Waals surface area contributed by atoms with Crippen molar-refractivity contribution in [3.63, 3.8) is 0 Å². The summed E-state index contributed by atoms with van der Waals surface area (Å²) < 4.78 is 13.8. The average molecular weight is 310 g/mol. The van der Waals surface area contributed by atoms with Crippen molar-refractivity contribution >= 4 is 16.6 Å². The van der Waals surface area contributed by atoms with Crippen molar-refractivity contribution in [1.29, 1.82) is 0 Å². The van der Waals surface area contributed by atoms with Gasteiger partial charge in [0.05, 0.1) is 22.6 Å². The summed E-state index contributed by atoms with van der Waals surface area (Å²) in [5.41, 5.74) is 10.1. The first kappa shape index (κ1) is 15.4. The van der Waals surface area contributed by atoms with E-state index in [1.54, 1.807) is 12.3 Å². The van der Waals surface area contributed by atoms with Crippen LogP contribution in [0.1, 0.15) is 5.69 Å². The first-order valence-electron chi connectivity index (χ1n) is 7.52. The second-order valence-corrected chi connectivity index (χ2v) is 5.59. The van der Waals surface area contributed by atoms with Gasteiger partial charge in [-0.05, 0) is 36.9 Å². The highest BCUT2D eigenvalue weighted by Crippen LogP contribution is 2.37. The van der Waals surface area contributed by atoms with Crippen molar-refractivity contribution in [2.24, 2.45) is 5.73 Å². The maximum atomic E-state index is 13.8. The third-order valence-corrected chi connectivity index (χ3v) is 3.74. The maximum Gasteiger partial charge on any atom is 0.124 e. The fourth-order valence-corrected chi connectivity index (χ4v) is 2.83. The third-order valence-electron chi connectivity index (χ3n) is 3.74. The Balaban J connectivity index is 2.42. The Morgan fingerprint density at radius 1 is 1.17 bits per heavy atom. The normalized spacial score (nSPS) is 11.0. The third kappa shape index (κ3) is 2.87. The summed E-state index contributed by atoms with van der Waals surface area (Å²) in [7, 11) is 3.89. The zero-order chi connectivity index (χ0) is 16.4. The Hall–Kier alpha value is -2.53. The number of nitrogens with two attached hydrogens (primary N) is 1. The van der Waals surface area contributed by atoms with Crippen molar-refractivity contribution in [1.82, 2.24) is 9.97 Å². The Bertz CT molecular complexity index is 831. The standard InChI is InChI=1S/C18H19FN4/c1-23(2)18-13-11-12(19)6-7-14(13)22-16(8-9-20)17(18)15-5-3-4-10-21-15/h3-7,10-11H,8-9,20H2,1-2H3. The van der Waals surface area contributed by atoms with Gasteiger partial charge in [-0.1, -0.05) is 6.07 Å². The molecule has 0 aliphatic carbocycles. The van der Waals surface area contributed by atoms with Crippen LogP contribution in [0.25, 0.3) is 22.2 Å². The lowest BCUT2D eigenvalue weighted by molar-refractivity contribution is 0.629. The van der Waals surface area contributed by atoms with Crippen molar-refractivity contribution in [2.45, 2.75) is 6.42 Å². The number of hydrogen-bond donors (Lipinski definition) is 1. The second-order valence-electron chi connectivity index (χ2n) is 5.59. The van der Waals surface area contributed by atoms with Crippen LogP contribution in [-0.2, 0) is 6.42 Å². The van der Waals surface area contributed by atoms with Crippen LogP contribution >= 0.6 is 0 Å². The summed E-state index contributed by atoms with van der Waals surface area (Å²) in [4.78, 5) is 11.2. The van der Waals surface area contributed by atoms with Crippen LogP contribution in [0.2, 0.25) is 0 Å². The molecule has 0 spiro atoms. The lowest BCUT2D eigenvalue weighted by atomic mass is 10.00. The lowest BCUT2D eigenvalue weighted by Gasteiger charge is -2.22. The molecule has 118 valence electrons. The maximum absolute atomic E-state index is 13.8. The highest BCUT2D eigenvalue weighted by atomic mass is 19.1. The van der Waals surface area contributed by atoms with Gasteiger partial charge in [-0.15, -0.1) is 0 Å². The van der Waals surface area contributed by atoms with Crippen molar-refractivity contribution in [3.05, 3.63) is 54.1 Å². The number of pyridine rings is 2.